The molecular formula is C15H14IN3O2. The number of benzene rings is 2. The smallest absolute Gasteiger partial charge is 0.119 e. The fraction of sp³-hybridized carbons (Fsp3) is 0.200. The Balaban J connectivity index is 1.61. The lowest BCUT2D eigenvalue weighted by Gasteiger charge is -2.12. The fourth-order valence-electron chi connectivity index (χ4n) is 2.03. The molecule has 3 aromatic rings. The third-order valence-electron chi connectivity index (χ3n) is 3.06. The van der Waals surface area contributed by atoms with Crippen LogP contribution in [0.15, 0.2) is 48.5 Å². The fourth-order valence-corrected chi connectivity index (χ4v) is 2.39. The maximum atomic E-state index is 10.1. The van der Waals surface area contributed by atoms with Crippen LogP contribution in [0.5, 0.6) is 5.75 Å². The van der Waals surface area contributed by atoms with Crippen molar-refractivity contribution in [1.29, 1.82) is 0 Å². The van der Waals surface area contributed by atoms with Crippen LogP contribution in [0.2, 0.25) is 0 Å². The van der Waals surface area contributed by atoms with Crippen LogP contribution in [-0.4, -0.2) is 32.8 Å². The molecular weight excluding hydrogens is 381 g/mol. The zero-order valence-electron chi connectivity index (χ0n) is 11.2. The number of halogens is 1. The van der Waals surface area contributed by atoms with Crippen molar-refractivity contribution < 1.29 is 9.84 Å². The number of hydrogen-bond acceptors (Lipinski definition) is 4. The summed E-state index contributed by atoms with van der Waals surface area (Å²) in [7, 11) is 0. The van der Waals surface area contributed by atoms with E-state index in [0.29, 0.717) is 6.54 Å². The van der Waals surface area contributed by atoms with Crippen molar-refractivity contribution in [1.82, 2.24) is 15.0 Å². The number of nitrogens with zero attached hydrogens (tertiary/aromatic N) is 3. The van der Waals surface area contributed by atoms with Gasteiger partial charge >= 0.3 is 0 Å². The van der Waals surface area contributed by atoms with Crippen molar-refractivity contribution in [2.45, 2.75) is 12.6 Å². The first-order valence-corrected chi connectivity index (χ1v) is 7.65. The van der Waals surface area contributed by atoms with Crippen molar-refractivity contribution in [3.05, 3.63) is 52.1 Å². The summed E-state index contributed by atoms with van der Waals surface area (Å²) in [5.41, 5.74) is 1.73. The zero-order chi connectivity index (χ0) is 14.7. The second-order valence-electron chi connectivity index (χ2n) is 4.68. The number of fused-ring (bicyclic) bond motifs is 1. The molecule has 2 aromatic carbocycles. The summed E-state index contributed by atoms with van der Waals surface area (Å²) in [6.45, 7) is 0.569. The summed E-state index contributed by atoms with van der Waals surface area (Å²) in [4.78, 5) is 0. The second kappa shape index (κ2) is 6.40. The Morgan fingerprint density at radius 3 is 2.71 bits per heavy atom. The highest BCUT2D eigenvalue weighted by Gasteiger charge is 2.10. The van der Waals surface area contributed by atoms with Gasteiger partial charge in [-0.25, -0.2) is 4.68 Å². The minimum atomic E-state index is -0.644. The number of para-hydroxylation sites is 1. The van der Waals surface area contributed by atoms with E-state index in [9.17, 15) is 5.11 Å². The van der Waals surface area contributed by atoms with Crippen molar-refractivity contribution >= 4 is 33.6 Å². The van der Waals surface area contributed by atoms with Crippen LogP contribution in [0.25, 0.3) is 11.0 Å². The average Bonchev–Trinajstić information content (AvgIpc) is 2.90. The maximum absolute atomic E-state index is 10.1. The molecule has 1 unspecified atom stereocenters. The van der Waals surface area contributed by atoms with Crippen molar-refractivity contribution in [3.8, 4) is 5.75 Å². The molecule has 1 atom stereocenters. The molecule has 21 heavy (non-hydrogen) atoms. The average molecular weight is 395 g/mol. The molecule has 108 valence electrons. The third kappa shape index (κ3) is 3.51. The molecule has 0 aliphatic carbocycles. The third-order valence-corrected chi connectivity index (χ3v) is 3.78. The Kier molecular flexibility index (Phi) is 4.35. The van der Waals surface area contributed by atoms with Gasteiger partial charge in [-0.3, -0.25) is 0 Å². The molecule has 0 radical (unpaired) electrons. The highest BCUT2D eigenvalue weighted by molar-refractivity contribution is 14.1. The van der Waals surface area contributed by atoms with E-state index in [1.807, 2.05) is 48.5 Å². The van der Waals surface area contributed by atoms with Crippen molar-refractivity contribution in [2.24, 2.45) is 0 Å². The minimum Gasteiger partial charge on any atom is -0.491 e. The molecule has 0 fully saturated rings. The first-order valence-electron chi connectivity index (χ1n) is 6.57. The quantitative estimate of drug-likeness (QED) is 0.675. The maximum Gasteiger partial charge on any atom is 0.119 e. The second-order valence-corrected chi connectivity index (χ2v) is 5.92. The number of hydrogen-bond donors (Lipinski definition) is 1. The Bertz CT molecular complexity index is 727. The highest BCUT2D eigenvalue weighted by Crippen LogP contribution is 2.14. The Morgan fingerprint density at radius 1 is 1.14 bits per heavy atom. The molecule has 3 rings (SSSR count). The van der Waals surface area contributed by atoms with Gasteiger partial charge in [0.05, 0.1) is 12.1 Å². The number of ether oxygens (including phenoxy) is 1. The molecule has 0 bridgehead atoms. The van der Waals surface area contributed by atoms with E-state index >= 15 is 0 Å². The summed E-state index contributed by atoms with van der Waals surface area (Å²) >= 11 is 2.24. The van der Waals surface area contributed by atoms with Gasteiger partial charge in [-0.15, -0.1) is 5.10 Å². The van der Waals surface area contributed by atoms with E-state index in [2.05, 4.69) is 32.9 Å². The Hall–Kier alpha value is -1.67. The van der Waals surface area contributed by atoms with Crippen LogP contribution < -0.4 is 4.74 Å². The van der Waals surface area contributed by atoms with E-state index in [-0.39, 0.29) is 6.61 Å². The lowest BCUT2D eigenvalue weighted by atomic mass is 10.3. The highest BCUT2D eigenvalue weighted by atomic mass is 127. The van der Waals surface area contributed by atoms with Crippen molar-refractivity contribution in [2.75, 3.05) is 6.61 Å². The predicted octanol–water partition coefficient (Wildman–Crippen LogP) is 2.48. The Morgan fingerprint density at radius 2 is 1.90 bits per heavy atom. The van der Waals surface area contributed by atoms with E-state index in [1.165, 1.54) is 0 Å². The lowest BCUT2D eigenvalue weighted by molar-refractivity contribution is 0.0899. The minimum absolute atomic E-state index is 0.217. The molecule has 0 amide bonds. The summed E-state index contributed by atoms with van der Waals surface area (Å²) < 4.78 is 8.41. The van der Waals surface area contributed by atoms with Crippen LogP contribution >= 0.6 is 22.6 Å². The van der Waals surface area contributed by atoms with Crippen LogP contribution in [0.3, 0.4) is 0 Å². The molecule has 0 spiro atoms. The van der Waals surface area contributed by atoms with Gasteiger partial charge in [0.25, 0.3) is 0 Å². The normalized spacial score (nSPS) is 12.5. The summed E-state index contributed by atoms with van der Waals surface area (Å²) in [5.74, 6) is 0.748. The molecule has 5 nitrogen and oxygen atoms in total. The number of rotatable bonds is 5. The number of aromatic nitrogens is 3. The molecule has 1 heterocycles. The first kappa shape index (κ1) is 14.3. The molecule has 0 saturated heterocycles. The van der Waals surface area contributed by atoms with Crippen LogP contribution in [0, 0.1) is 3.57 Å². The molecule has 0 aliphatic heterocycles. The van der Waals surface area contributed by atoms with Crippen LogP contribution in [-0.2, 0) is 6.54 Å². The lowest BCUT2D eigenvalue weighted by Crippen LogP contribution is -2.24. The molecule has 6 heteroatoms. The first-order chi connectivity index (χ1) is 10.2. The summed E-state index contributed by atoms with van der Waals surface area (Å²) in [6.07, 6.45) is -0.644. The zero-order valence-corrected chi connectivity index (χ0v) is 13.3. The monoisotopic (exact) mass is 395 g/mol. The number of aliphatic hydroxyl groups is 1. The van der Waals surface area contributed by atoms with Gasteiger partial charge in [0, 0.05) is 3.57 Å². The molecule has 1 N–H and O–H groups in total. The van der Waals surface area contributed by atoms with Crippen LogP contribution in [0.4, 0.5) is 0 Å². The van der Waals surface area contributed by atoms with E-state index < -0.39 is 6.10 Å². The largest absolute Gasteiger partial charge is 0.491 e. The Labute approximate surface area is 135 Å². The molecule has 0 aliphatic rings. The van der Waals surface area contributed by atoms with E-state index in [1.54, 1.807) is 4.68 Å². The van der Waals surface area contributed by atoms with E-state index in [4.69, 9.17) is 4.74 Å². The van der Waals surface area contributed by atoms with Gasteiger partial charge in [-0.1, -0.05) is 17.3 Å². The summed E-state index contributed by atoms with van der Waals surface area (Å²) in [6, 6.07) is 15.4. The molecule has 1 aromatic heterocycles. The van der Waals surface area contributed by atoms with Crippen LogP contribution in [0.1, 0.15) is 0 Å². The standard InChI is InChI=1S/C15H14IN3O2/c16-11-5-7-13(8-6-11)21-10-12(20)9-19-15-4-2-1-3-14(15)17-18-19/h1-8,12,20H,9-10H2. The van der Waals surface area contributed by atoms with E-state index in [0.717, 1.165) is 20.4 Å². The summed E-state index contributed by atoms with van der Waals surface area (Å²) in [5, 5.41) is 18.2. The number of aliphatic hydroxyl groups excluding tert-OH is 1. The van der Waals surface area contributed by atoms with Crippen molar-refractivity contribution in [3.63, 3.8) is 0 Å². The van der Waals surface area contributed by atoms with Gasteiger partial charge in [0.15, 0.2) is 0 Å². The molecule has 0 saturated carbocycles. The van der Waals surface area contributed by atoms with Gasteiger partial charge < -0.3 is 9.84 Å². The van der Waals surface area contributed by atoms with Gasteiger partial charge in [-0.2, -0.15) is 0 Å². The topological polar surface area (TPSA) is 60.2 Å². The van der Waals surface area contributed by atoms with Gasteiger partial charge in [-0.05, 0) is 59.0 Å². The SMILES string of the molecule is OC(COc1ccc(I)cc1)Cn1nnc2ccccc21. The predicted molar refractivity (Wildman–Crippen MR) is 88.2 cm³/mol. The van der Waals surface area contributed by atoms with Gasteiger partial charge in [0.1, 0.15) is 24.0 Å². The van der Waals surface area contributed by atoms with Gasteiger partial charge in [0.2, 0.25) is 0 Å².